The summed E-state index contributed by atoms with van der Waals surface area (Å²) in [5.41, 5.74) is 8.78. The molecular formula is C30H37Cl2N5O2S. The monoisotopic (exact) mass is 601 g/mol. The zero-order valence-electron chi connectivity index (χ0n) is 22.6. The first-order chi connectivity index (χ1) is 19.4. The molecule has 0 unspecified atom stereocenters. The number of anilines is 1. The molecule has 1 fully saturated rings. The highest BCUT2D eigenvalue weighted by molar-refractivity contribution is 7.09. The van der Waals surface area contributed by atoms with Crippen molar-refractivity contribution >= 4 is 52.0 Å². The van der Waals surface area contributed by atoms with Gasteiger partial charge in [-0.2, -0.15) is 0 Å². The van der Waals surface area contributed by atoms with Crippen LogP contribution in [0.2, 0.25) is 10.0 Å². The van der Waals surface area contributed by atoms with Gasteiger partial charge in [-0.15, -0.1) is 11.3 Å². The van der Waals surface area contributed by atoms with Crippen molar-refractivity contribution in [1.29, 1.82) is 0 Å². The van der Waals surface area contributed by atoms with Crippen molar-refractivity contribution in [3.05, 3.63) is 86.0 Å². The summed E-state index contributed by atoms with van der Waals surface area (Å²) >= 11 is 14.3. The van der Waals surface area contributed by atoms with Gasteiger partial charge >= 0.3 is 0 Å². The number of nitrogens with one attached hydrogen (secondary N) is 2. The first kappa shape index (κ1) is 30.3. The largest absolute Gasteiger partial charge is 0.368 e. The number of thiophene rings is 1. The summed E-state index contributed by atoms with van der Waals surface area (Å²) in [6, 6.07) is 17.2. The molecule has 1 saturated heterocycles. The lowest BCUT2D eigenvalue weighted by atomic mass is 10.0. The third-order valence-electron chi connectivity index (χ3n) is 7.05. The van der Waals surface area contributed by atoms with Gasteiger partial charge < -0.3 is 26.2 Å². The highest BCUT2D eigenvalue weighted by atomic mass is 35.5. The van der Waals surface area contributed by atoms with Crippen LogP contribution in [0.25, 0.3) is 0 Å². The standard InChI is InChI=1S/C30H37Cl2N5O2S/c31-24-10-9-22(26(32)20-24)19-27(35-29(38)8-3-12-33)30(39)37-16-14-36(15-17-37)28-7-2-1-5-23(28)21-34-13-11-25-6-4-18-40-25/h1-2,4-7,9-10,18,20,27,34H,3,8,11-17,19,21,33H2,(H,35,38)/t27-/m1/s1. The Bertz CT molecular complexity index is 1250. The van der Waals surface area contributed by atoms with Gasteiger partial charge in [-0.05, 0) is 60.2 Å². The van der Waals surface area contributed by atoms with Crippen LogP contribution in [-0.2, 0) is 29.0 Å². The number of hydrogen-bond acceptors (Lipinski definition) is 6. The molecule has 1 aliphatic rings. The van der Waals surface area contributed by atoms with Gasteiger partial charge in [-0.3, -0.25) is 9.59 Å². The summed E-state index contributed by atoms with van der Waals surface area (Å²) in [7, 11) is 0. The average Bonchev–Trinajstić information content (AvgIpc) is 3.49. The molecule has 10 heteroatoms. The number of halogens is 2. The number of nitrogens with zero attached hydrogens (tertiary/aromatic N) is 2. The van der Waals surface area contributed by atoms with Gasteiger partial charge in [0.15, 0.2) is 0 Å². The van der Waals surface area contributed by atoms with E-state index in [2.05, 4.69) is 57.3 Å². The molecule has 3 aromatic rings. The second-order valence-electron chi connectivity index (χ2n) is 9.90. The normalized spacial score (nSPS) is 14.3. The number of nitrogens with two attached hydrogens (primary N) is 1. The summed E-state index contributed by atoms with van der Waals surface area (Å²) in [5, 5.41) is 9.62. The number of amides is 2. The Labute approximate surface area is 250 Å². The Balaban J connectivity index is 1.36. The third-order valence-corrected chi connectivity index (χ3v) is 8.57. The summed E-state index contributed by atoms with van der Waals surface area (Å²) in [5.74, 6) is -0.289. The molecule has 4 rings (SSSR count). The molecule has 2 amide bonds. The second-order valence-corrected chi connectivity index (χ2v) is 11.8. The maximum atomic E-state index is 13.7. The lowest BCUT2D eigenvalue weighted by Gasteiger charge is -2.38. The molecule has 0 aliphatic carbocycles. The van der Waals surface area contributed by atoms with Crippen molar-refractivity contribution < 1.29 is 9.59 Å². The Kier molecular flexibility index (Phi) is 11.7. The maximum absolute atomic E-state index is 13.7. The number of carbonyl (C=O) groups is 2. The maximum Gasteiger partial charge on any atom is 0.245 e. The summed E-state index contributed by atoms with van der Waals surface area (Å²) in [6.07, 6.45) is 2.16. The number of benzene rings is 2. The number of rotatable bonds is 13. The Morgan fingerprint density at radius 1 is 1.00 bits per heavy atom. The predicted octanol–water partition coefficient (Wildman–Crippen LogP) is 4.50. The van der Waals surface area contributed by atoms with Gasteiger partial charge in [0, 0.05) is 72.7 Å². The van der Waals surface area contributed by atoms with Crippen LogP contribution in [0.1, 0.15) is 28.8 Å². The van der Waals surface area contributed by atoms with Crippen molar-refractivity contribution in [3.63, 3.8) is 0 Å². The summed E-state index contributed by atoms with van der Waals surface area (Å²) in [4.78, 5) is 31.8. The minimum atomic E-state index is -0.713. The molecule has 2 heterocycles. The number of para-hydroxylation sites is 1. The van der Waals surface area contributed by atoms with Gasteiger partial charge in [0.2, 0.25) is 11.8 Å². The van der Waals surface area contributed by atoms with E-state index in [9.17, 15) is 9.59 Å². The molecule has 0 bridgehead atoms. The van der Waals surface area contributed by atoms with Crippen molar-refractivity contribution in [1.82, 2.24) is 15.5 Å². The molecule has 1 atom stereocenters. The van der Waals surface area contributed by atoms with E-state index in [1.807, 2.05) is 4.90 Å². The van der Waals surface area contributed by atoms with Crippen molar-refractivity contribution in [2.75, 3.05) is 44.2 Å². The molecule has 214 valence electrons. The van der Waals surface area contributed by atoms with Crippen LogP contribution >= 0.6 is 34.5 Å². The lowest BCUT2D eigenvalue weighted by molar-refractivity contribution is -0.136. The van der Waals surface area contributed by atoms with E-state index in [4.69, 9.17) is 28.9 Å². The summed E-state index contributed by atoms with van der Waals surface area (Å²) in [6.45, 7) is 4.71. The molecule has 1 aliphatic heterocycles. The Hall–Kier alpha value is -2.62. The predicted molar refractivity (Wildman–Crippen MR) is 165 cm³/mol. The van der Waals surface area contributed by atoms with Crippen LogP contribution in [0.3, 0.4) is 0 Å². The molecule has 0 saturated carbocycles. The Morgan fingerprint density at radius 3 is 2.52 bits per heavy atom. The van der Waals surface area contributed by atoms with Crippen LogP contribution < -0.4 is 21.3 Å². The number of carbonyl (C=O) groups excluding carboxylic acids is 2. The smallest absolute Gasteiger partial charge is 0.245 e. The average molecular weight is 603 g/mol. The van der Waals surface area contributed by atoms with E-state index in [1.54, 1.807) is 29.5 Å². The third kappa shape index (κ3) is 8.69. The van der Waals surface area contributed by atoms with Crippen LogP contribution in [0, 0.1) is 0 Å². The fourth-order valence-corrected chi connectivity index (χ4v) is 6.08. The number of hydrogen-bond donors (Lipinski definition) is 3. The topological polar surface area (TPSA) is 90.7 Å². The summed E-state index contributed by atoms with van der Waals surface area (Å²) < 4.78 is 0. The van der Waals surface area contributed by atoms with Gasteiger partial charge in [-0.25, -0.2) is 0 Å². The van der Waals surface area contributed by atoms with Crippen LogP contribution in [0.4, 0.5) is 5.69 Å². The van der Waals surface area contributed by atoms with Gasteiger partial charge in [0.1, 0.15) is 6.04 Å². The number of piperazine rings is 1. The van der Waals surface area contributed by atoms with E-state index in [0.717, 1.165) is 25.1 Å². The molecule has 4 N–H and O–H groups in total. The first-order valence-electron chi connectivity index (χ1n) is 13.7. The fraction of sp³-hybridized carbons (Fsp3) is 0.400. The van der Waals surface area contributed by atoms with E-state index in [-0.39, 0.29) is 18.2 Å². The van der Waals surface area contributed by atoms with Crippen LogP contribution in [0.5, 0.6) is 0 Å². The molecule has 2 aromatic carbocycles. The van der Waals surface area contributed by atoms with Crippen LogP contribution in [0.15, 0.2) is 60.0 Å². The van der Waals surface area contributed by atoms with E-state index in [0.29, 0.717) is 55.6 Å². The quantitative estimate of drug-likeness (QED) is 0.251. The van der Waals surface area contributed by atoms with Gasteiger partial charge in [0.25, 0.3) is 0 Å². The van der Waals surface area contributed by atoms with E-state index < -0.39 is 6.04 Å². The molecule has 0 spiro atoms. The zero-order chi connectivity index (χ0) is 28.3. The molecule has 7 nitrogen and oxygen atoms in total. The lowest BCUT2D eigenvalue weighted by Crippen LogP contribution is -2.55. The van der Waals surface area contributed by atoms with Crippen LogP contribution in [-0.4, -0.2) is 62.0 Å². The zero-order valence-corrected chi connectivity index (χ0v) is 24.9. The van der Waals surface area contributed by atoms with Crippen molar-refractivity contribution in [2.45, 2.75) is 38.3 Å². The SMILES string of the molecule is NCCCC(=O)N[C@H](Cc1ccc(Cl)cc1Cl)C(=O)N1CCN(c2ccccc2CNCCc2cccs2)CC1. The van der Waals surface area contributed by atoms with Gasteiger partial charge in [0.05, 0.1) is 0 Å². The highest BCUT2D eigenvalue weighted by Gasteiger charge is 2.30. The minimum absolute atomic E-state index is 0.102. The molecular weight excluding hydrogens is 565 g/mol. The van der Waals surface area contributed by atoms with Gasteiger partial charge in [-0.1, -0.05) is 53.5 Å². The molecule has 1 aromatic heterocycles. The van der Waals surface area contributed by atoms with Crippen molar-refractivity contribution in [3.8, 4) is 0 Å². The first-order valence-corrected chi connectivity index (χ1v) is 15.4. The van der Waals surface area contributed by atoms with Crippen molar-refractivity contribution in [2.24, 2.45) is 5.73 Å². The fourth-order valence-electron chi connectivity index (χ4n) is 4.88. The van der Waals surface area contributed by atoms with E-state index in [1.165, 1.54) is 16.1 Å². The second kappa shape index (κ2) is 15.4. The Morgan fingerprint density at radius 2 is 1.80 bits per heavy atom. The minimum Gasteiger partial charge on any atom is -0.368 e. The van der Waals surface area contributed by atoms with E-state index >= 15 is 0 Å². The highest BCUT2D eigenvalue weighted by Crippen LogP contribution is 2.24. The molecule has 0 radical (unpaired) electrons. The molecule has 40 heavy (non-hydrogen) atoms.